The van der Waals surface area contributed by atoms with E-state index in [1.807, 2.05) is 41.3 Å². The van der Waals surface area contributed by atoms with Crippen LogP contribution < -0.4 is 0 Å². The van der Waals surface area contributed by atoms with Crippen LogP contribution in [-0.2, 0) is 17.6 Å². The Balaban J connectivity index is 1.43. The fourth-order valence-corrected chi connectivity index (χ4v) is 3.29. The number of rotatable bonds is 5. The van der Waals surface area contributed by atoms with Crippen LogP contribution in [0.4, 0.5) is 0 Å². The Bertz CT molecular complexity index is 716. The third-order valence-electron chi connectivity index (χ3n) is 4.48. The number of hydrogen-bond acceptors (Lipinski definition) is 3. The molecule has 0 saturated carbocycles. The molecule has 1 amide bonds. The summed E-state index contributed by atoms with van der Waals surface area (Å²) in [5, 5.41) is 1.19. The van der Waals surface area contributed by atoms with Crippen molar-refractivity contribution in [1.29, 1.82) is 0 Å². The summed E-state index contributed by atoms with van der Waals surface area (Å²) < 4.78 is 0. The number of carbonyl (C=O) groups excluding carboxylic acids is 1. The molecule has 2 aromatic rings. The van der Waals surface area contributed by atoms with E-state index in [-0.39, 0.29) is 5.91 Å². The summed E-state index contributed by atoms with van der Waals surface area (Å²) >= 11 is 12.0. The monoisotopic (exact) mass is 377 g/mol. The molecule has 0 atom stereocenters. The highest BCUT2D eigenvalue weighted by atomic mass is 35.5. The molecule has 4 nitrogen and oxygen atoms in total. The third kappa shape index (κ3) is 5.18. The number of halogens is 2. The van der Waals surface area contributed by atoms with Gasteiger partial charge < -0.3 is 4.90 Å². The first-order chi connectivity index (χ1) is 12.1. The average Bonchev–Trinajstić information content (AvgIpc) is 2.64. The van der Waals surface area contributed by atoms with Crippen molar-refractivity contribution in [3.63, 3.8) is 0 Å². The molecule has 0 aliphatic carbocycles. The molecule has 25 heavy (non-hydrogen) atoms. The van der Waals surface area contributed by atoms with Gasteiger partial charge in [0.05, 0.1) is 16.5 Å². The zero-order chi connectivity index (χ0) is 17.6. The van der Waals surface area contributed by atoms with E-state index in [0.717, 1.165) is 44.8 Å². The summed E-state index contributed by atoms with van der Waals surface area (Å²) in [5.41, 5.74) is 2.01. The van der Waals surface area contributed by atoms with Gasteiger partial charge >= 0.3 is 0 Å². The number of amides is 1. The van der Waals surface area contributed by atoms with Gasteiger partial charge in [0, 0.05) is 44.6 Å². The Morgan fingerprint density at radius 2 is 1.84 bits per heavy atom. The number of pyridine rings is 1. The Labute approximate surface area is 158 Å². The van der Waals surface area contributed by atoms with Crippen LogP contribution in [-0.4, -0.2) is 53.4 Å². The van der Waals surface area contributed by atoms with Crippen LogP contribution in [0.25, 0.3) is 0 Å². The van der Waals surface area contributed by atoms with Crippen LogP contribution in [0.2, 0.25) is 10.0 Å². The molecule has 1 aromatic carbocycles. The van der Waals surface area contributed by atoms with Crippen LogP contribution in [0.1, 0.15) is 11.3 Å². The minimum absolute atomic E-state index is 0.155. The molecule has 132 valence electrons. The first-order valence-corrected chi connectivity index (χ1v) is 9.21. The molecule has 0 unspecified atom stereocenters. The molecule has 0 radical (unpaired) electrons. The lowest BCUT2D eigenvalue weighted by Gasteiger charge is -2.34. The van der Waals surface area contributed by atoms with Gasteiger partial charge in [0.25, 0.3) is 0 Å². The van der Waals surface area contributed by atoms with Gasteiger partial charge in [-0.1, -0.05) is 35.3 Å². The van der Waals surface area contributed by atoms with Crippen molar-refractivity contribution in [2.75, 3.05) is 32.7 Å². The maximum atomic E-state index is 12.4. The van der Waals surface area contributed by atoms with Crippen LogP contribution in [0.3, 0.4) is 0 Å². The van der Waals surface area contributed by atoms with E-state index >= 15 is 0 Å². The number of carbonyl (C=O) groups is 1. The van der Waals surface area contributed by atoms with Gasteiger partial charge in [-0.3, -0.25) is 14.7 Å². The molecule has 1 aliphatic heterocycles. The molecule has 6 heteroatoms. The zero-order valence-corrected chi connectivity index (χ0v) is 15.5. The van der Waals surface area contributed by atoms with Gasteiger partial charge in [-0.15, -0.1) is 0 Å². The summed E-state index contributed by atoms with van der Waals surface area (Å²) in [7, 11) is 0. The quantitative estimate of drug-likeness (QED) is 0.801. The number of hydrogen-bond donors (Lipinski definition) is 0. The van der Waals surface area contributed by atoms with Gasteiger partial charge in [0.15, 0.2) is 0 Å². The molecule has 1 aromatic heterocycles. The van der Waals surface area contributed by atoms with Gasteiger partial charge in [0.2, 0.25) is 5.91 Å². The zero-order valence-electron chi connectivity index (χ0n) is 14.0. The SMILES string of the molecule is O=C(Cc1ccccn1)N1CCN(CCc2ccc(Cl)c(Cl)c2)CC1. The summed E-state index contributed by atoms with van der Waals surface area (Å²) in [6.45, 7) is 4.30. The van der Waals surface area contributed by atoms with Crippen LogP contribution in [0.15, 0.2) is 42.6 Å². The van der Waals surface area contributed by atoms with E-state index in [1.54, 1.807) is 6.20 Å². The van der Waals surface area contributed by atoms with E-state index in [4.69, 9.17) is 23.2 Å². The molecule has 0 bridgehead atoms. The topological polar surface area (TPSA) is 36.4 Å². The fourth-order valence-electron chi connectivity index (χ4n) is 2.97. The Hall–Kier alpha value is -1.62. The number of piperazine rings is 1. The van der Waals surface area contributed by atoms with Crippen molar-refractivity contribution in [2.45, 2.75) is 12.8 Å². The lowest BCUT2D eigenvalue weighted by Crippen LogP contribution is -2.49. The Morgan fingerprint density at radius 1 is 1.04 bits per heavy atom. The van der Waals surface area contributed by atoms with E-state index in [0.29, 0.717) is 16.5 Å². The van der Waals surface area contributed by atoms with E-state index < -0.39 is 0 Å². The highest BCUT2D eigenvalue weighted by molar-refractivity contribution is 6.42. The highest BCUT2D eigenvalue weighted by Gasteiger charge is 2.21. The van der Waals surface area contributed by atoms with Gasteiger partial charge in [-0.2, -0.15) is 0 Å². The lowest BCUT2D eigenvalue weighted by molar-refractivity contribution is -0.132. The minimum Gasteiger partial charge on any atom is -0.340 e. The number of nitrogens with zero attached hydrogens (tertiary/aromatic N) is 3. The molecular weight excluding hydrogens is 357 g/mol. The summed E-state index contributed by atoms with van der Waals surface area (Å²) in [5.74, 6) is 0.155. The molecule has 3 rings (SSSR count). The van der Waals surface area contributed by atoms with Crippen LogP contribution in [0.5, 0.6) is 0 Å². The van der Waals surface area contributed by atoms with Crippen LogP contribution >= 0.6 is 23.2 Å². The number of benzene rings is 1. The van der Waals surface area contributed by atoms with E-state index in [2.05, 4.69) is 9.88 Å². The first-order valence-electron chi connectivity index (χ1n) is 8.46. The standard InChI is InChI=1S/C19H21Cl2N3O/c20-17-5-4-15(13-18(17)21)6-8-23-9-11-24(12-10-23)19(25)14-16-3-1-2-7-22-16/h1-5,7,13H,6,8-12,14H2. The maximum absolute atomic E-state index is 12.4. The Kier molecular flexibility index (Phi) is 6.29. The van der Waals surface area contributed by atoms with Crippen molar-refractivity contribution in [3.8, 4) is 0 Å². The first kappa shape index (κ1) is 18.2. The van der Waals surface area contributed by atoms with Crippen molar-refractivity contribution in [3.05, 3.63) is 63.9 Å². The number of aromatic nitrogens is 1. The van der Waals surface area contributed by atoms with Crippen molar-refractivity contribution < 1.29 is 4.79 Å². The predicted octanol–water partition coefficient (Wildman–Crippen LogP) is 3.32. The molecule has 1 aliphatic rings. The van der Waals surface area contributed by atoms with E-state index in [9.17, 15) is 4.79 Å². The predicted molar refractivity (Wildman–Crippen MR) is 101 cm³/mol. The van der Waals surface area contributed by atoms with Crippen LogP contribution in [0, 0.1) is 0 Å². The summed E-state index contributed by atoms with van der Waals surface area (Å²) in [4.78, 5) is 20.9. The average molecular weight is 378 g/mol. The van der Waals surface area contributed by atoms with Crippen molar-refractivity contribution in [2.24, 2.45) is 0 Å². The second-order valence-corrected chi connectivity index (χ2v) is 7.03. The van der Waals surface area contributed by atoms with E-state index in [1.165, 1.54) is 5.56 Å². The molecule has 1 fully saturated rings. The molecule has 0 spiro atoms. The van der Waals surface area contributed by atoms with Gasteiger partial charge in [0.1, 0.15) is 0 Å². The Morgan fingerprint density at radius 3 is 2.52 bits per heavy atom. The third-order valence-corrected chi connectivity index (χ3v) is 5.22. The van der Waals surface area contributed by atoms with Gasteiger partial charge in [-0.05, 0) is 36.2 Å². The molecule has 2 heterocycles. The van der Waals surface area contributed by atoms with Crippen molar-refractivity contribution >= 4 is 29.1 Å². The minimum atomic E-state index is 0.155. The second-order valence-electron chi connectivity index (χ2n) is 6.22. The molecule has 0 N–H and O–H groups in total. The smallest absolute Gasteiger partial charge is 0.228 e. The normalized spacial score (nSPS) is 15.4. The summed E-state index contributed by atoms with van der Waals surface area (Å²) in [6.07, 6.45) is 3.03. The molecular formula is C19H21Cl2N3O. The second kappa shape index (κ2) is 8.65. The lowest BCUT2D eigenvalue weighted by atomic mass is 10.1. The van der Waals surface area contributed by atoms with Crippen molar-refractivity contribution in [1.82, 2.24) is 14.8 Å². The van der Waals surface area contributed by atoms with Gasteiger partial charge in [-0.25, -0.2) is 0 Å². The largest absolute Gasteiger partial charge is 0.340 e. The maximum Gasteiger partial charge on any atom is 0.228 e. The highest BCUT2D eigenvalue weighted by Crippen LogP contribution is 2.23. The fraction of sp³-hybridized carbons (Fsp3) is 0.368. The molecule has 1 saturated heterocycles. The summed E-state index contributed by atoms with van der Waals surface area (Å²) in [6, 6.07) is 11.5.